The number of rotatable bonds is 4. The number of H-pyrrole nitrogens is 1. The number of aromatic nitrogens is 1. The number of hydrogen-bond acceptors (Lipinski definition) is 1. The molecule has 0 bridgehead atoms. The number of nitrogens with one attached hydrogen (secondary N) is 1. The lowest BCUT2D eigenvalue weighted by molar-refractivity contribution is 0.205. The van der Waals surface area contributed by atoms with E-state index in [9.17, 15) is 0 Å². The van der Waals surface area contributed by atoms with E-state index >= 15 is 0 Å². The molecule has 1 aromatic heterocycles. The Morgan fingerprint density at radius 1 is 0.828 bits per heavy atom. The highest BCUT2D eigenvalue weighted by Gasteiger charge is 2.22. The van der Waals surface area contributed by atoms with E-state index in [0.717, 1.165) is 24.7 Å². The highest BCUT2D eigenvalue weighted by molar-refractivity contribution is 6.30. The third-order valence-corrected chi connectivity index (χ3v) is 6.44. The van der Waals surface area contributed by atoms with Crippen molar-refractivity contribution in [3.8, 4) is 11.3 Å². The maximum atomic E-state index is 6.12. The van der Waals surface area contributed by atoms with E-state index in [1.807, 2.05) is 12.1 Å². The van der Waals surface area contributed by atoms with E-state index in [1.54, 1.807) is 0 Å². The average molecular weight is 401 g/mol. The van der Waals surface area contributed by atoms with Gasteiger partial charge in [0.25, 0.3) is 0 Å². The van der Waals surface area contributed by atoms with Crippen molar-refractivity contribution in [2.24, 2.45) is 0 Å². The lowest BCUT2D eigenvalue weighted by atomic mass is 9.89. The van der Waals surface area contributed by atoms with Crippen molar-refractivity contribution < 1.29 is 0 Å². The average Bonchev–Trinajstić information content (AvgIpc) is 3.14. The summed E-state index contributed by atoms with van der Waals surface area (Å²) < 4.78 is 0. The molecule has 1 aliphatic rings. The molecular formula is C26H25ClN2. The zero-order chi connectivity index (χ0) is 19.6. The van der Waals surface area contributed by atoms with Gasteiger partial charge >= 0.3 is 0 Å². The first kappa shape index (κ1) is 18.5. The molecule has 146 valence electrons. The lowest BCUT2D eigenvalue weighted by Gasteiger charge is -2.32. The van der Waals surface area contributed by atoms with Crippen LogP contribution in [0.5, 0.6) is 0 Å². The van der Waals surface area contributed by atoms with Crippen LogP contribution in [0.2, 0.25) is 5.02 Å². The SMILES string of the molecule is Clc1ccc(-c2[nH]c3ccccc3c2CN2CCC(c3ccccc3)CC2)cc1. The van der Waals surface area contributed by atoms with Crippen molar-refractivity contribution in [3.63, 3.8) is 0 Å². The van der Waals surface area contributed by atoms with E-state index in [-0.39, 0.29) is 0 Å². The number of benzene rings is 3. The predicted octanol–water partition coefficient (Wildman–Crippen LogP) is 6.87. The third-order valence-electron chi connectivity index (χ3n) is 6.19. The minimum Gasteiger partial charge on any atom is -0.354 e. The molecule has 2 heterocycles. The van der Waals surface area contributed by atoms with Crippen molar-refractivity contribution in [2.75, 3.05) is 13.1 Å². The summed E-state index contributed by atoms with van der Waals surface area (Å²) in [7, 11) is 0. The monoisotopic (exact) mass is 400 g/mol. The minimum absolute atomic E-state index is 0.686. The van der Waals surface area contributed by atoms with Gasteiger partial charge in [0.2, 0.25) is 0 Å². The molecule has 2 nitrogen and oxygen atoms in total. The van der Waals surface area contributed by atoms with E-state index in [1.165, 1.54) is 46.1 Å². The normalized spacial score (nSPS) is 15.8. The van der Waals surface area contributed by atoms with E-state index in [2.05, 4.69) is 76.6 Å². The lowest BCUT2D eigenvalue weighted by Crippen LogP contribution is -2.32. The molecule has 5 rings (SSSR count). The summed E-state index contributed by atoms with van der Waals surface area (Å²) in [5.41, 5.74) is 6.49. The summed E-state index contributed by atoms with van der Waals surface area (Å²) >= 11 is 6.12. The molecule has 0 radical (unpaired) electrons. The number of hydrogen-bond donors (Lipinski definition) is 1. The fourth-order valence-corrected chi connectivity index (χ4v) is 4.73. The summed E-state index contributed by atoms with van der Waals surface area (Å²) in [6.45, 7) is 3.25. The van der Waals surface area contributed by atoms with E-state index in [4.69, 9.17) is 11.6 Å². The quantitative estimate of drug-likeness (QED) is 0.396. The van der Waals surface area contributed by atoms with Crippen LogP contribution in [-0.4, -0.2) is 23.0 Å². The largest absolute Gasteiger partial charge is 0.354 e. The summed E-state index contributed by atoms with van der Waals surface area (Å²) in [6.07, 6.45) is 2.45. The topological polar surface area (TPSA) is 19.0 Å². The number of halogens is 1. The first-order chi connectivity index (χ1) is 14.3. The Morgan fingerprint density at radius 3 is 2.28 bits per heavy atom. The van der Waals surface area contributed by atoms with Gasteiger partial charge in [0, 0.05) is 22.5 Å². The van der Waals surface area contributed by atoms with Crippen molar-refractivity contribution in [2.45, 2.75) is 25.3 Å². The Bertz CT molecular complexity index is 1090. The Kier molecular flexibility index (Phi) is 5.13. The van der Waals surface area contributed by atoms with Gasteiger partial charge in [-0.05, 0) is 66.7 Å². The zero-order valence-corrected chi connectivity index (χ0v) is 17.2. The molecule has 1 N–H and O–H groups in total. The van der Waals surface area contributed by atoms with Gasteiger partial charge in [0.05, 0.1) is 5.69 Å². The van der Waals surface area contributed by atoms with Gasteiger partial charge in [-0.3, -0.25) is 4.90 Å². The molecule has 0 atom stereocenters. The summed E-state index contributed by atoms with van der Waals surface area (Å²) in [5, 5.41) is 2.09. The smallest absolute Gasteiger partial charge is 0.0510 e. The van der Waals surface area contributed by atoms with Crippen LogP contribution in [0.3, 0.4) is 0 Å². The van der Waals surface area contributed by atoms with Crippen LogP contribution >= 0.6 is 11.6 Å². The molecule has 0 saturated carbocycles. The molecule has 0 unspecified atom stereocenters. The van der Waals surface area contributed by atoms with Crippen molar-refractivity contribution in [1.82, 2.24) is 9.88 Å². The van der Waals surface area contributed by atoms with E-state index in [0.29, 0.717) is 5.92 Å². The molecule has 1 fully saturated rings. The first-order valence-electron chi connectivity index (χ1n) is 10.4. The first-order valence-corrected chi connectivity index (χ1v) is 10.8. The van der Waals surface area contributed by atoms with Gasteiger partial charge in [0.1, 0.15) is 0 Å². The van der Waals surface area contributed by atoms with Crippen LogP contribution in [0.15, 0.2) is 78.9 Å². The van der Waals surface area contributed by atoms with Gasteiger partial charge in [-0.2, -0.15) is 0 Å². The van der Waals surface area contributed by atoms with Crippen LogP contribution in [0.4, 0.5) is 0 Å². The van der Waals surface area contributed by atoms with Crippen LogP contribution in [0.1, 0.15) is 29.9 Å². The van der Waals surface area contributed by atoms with Gasteiger partial charge in [0.15, 0.2) is 0 Å². The number of nitrogens with zero attached hydrogens (tertiary/aromatic N) is 1. The Labute approximate surface area is 177 Å². The van der Waals surface area contributed by atoms with Gasteiger partial charge in [-0.25, -0.2) is 0 Å². The Hall–Kier alpha value is -2.55. The molecule has 0 spiro atoms. The second-order valence-corrected chi connectivity index (χ2v) is 8.43. The molecule has 0 aliphatic carbocycles. The highest BCUT2D eigenvalue weighted by Crippen LogP contribution is 2.34. The molecule has 1 saturated heterocycles. The fourth-order valence-electron chi connectivity index (χ4n) is 4.60. The molecule has 29 heavy (non-hydrogen) atoms. The number of likely N-dealkylation sites (tertiary alicyclic amines) is 1. The molecule has 0 amide bonds. The summed E-state index contributed by atoms with van der Waals surface area (Å²) in [6, 6.07) is 27.8. The van der Waals surface area contributed by atoms with Gasteiger partial charge < -0.3 is 4.98 Å². The molecule has 3 heteroatoms. The number of para-hydroxylation sites is 1. The second-order valence-electron chi connectivity index (χ2n) is 7.99. The molecule has 4 aromatic rings. The van der Waals surface area contributed by atoms with Crippen molar-refractivity contribution in [1.29, 1.82) is 0 Å². The standard InChI is InChI=1S/C26H25ClN2/c27-22-12-10-21(11-13-22)26-24(23-8-4-5-9-25(23)28-26)18-29-16-14-20(15-17-29)19-6-2-1-3-7-19/h1-13,20,28H,14-18H2. The maximum absolute atomic E-state index is 6.12. The summed E-state index contributed by atoms with van der Waals surface area (Å²) in [4.78, 5) is 6.26. The van der Waals surface area contributed by atoms with Crippen LogP contribution in [0, 0.1) is 0 Å². The Balaban J connectivity index is 1.40. The second kappa shape index (κ2) is 8.06. The summed E-state index contributed by atoms with van der Waals surface area (Å²) in [5.74, 6) is 0.686. The van der Waals surface area contributed by atoms with E-state index < -0.39 is 0 Å². The third kappa shape index (κ3) is 3.83. The number of fused-ring (bicyclic) bond motifs is 1. The molecule has 3 aromatic carbocycles. The van der Waals surface area contributed by atoms with Crippen molar-refractivity contribution in [3.05, 3.63) is 95.0 Å². The number of aromatic amines is 1. The van der Waals surface area contributed by atoms with Gasteiger partial charge in [-0.1, -0.05) is 72.3 Å². The highest BCUT2D eigenvalue weighted by atomic mass is 35.5. The van der Waals surface area contributed by atoms with Crippen LogP contribution in [-0.2, 0) is 6.54 Å². The van der Waals surface area contributed by atoms with Gasteiger partial charge in [-0.15, -0.1) is 0 Å². The van der Waals surface area contributed by atoms with Crippen molar-refractivity contribution >= 4 is 22.5 Å². The maximum Gasteiger partial charge on any atom is 0.0510 e. The minimum atomic E-state index is 0.686. The zero-order valence-electron chi connectivity index (χ0n) is 16.4. The number of piperidine rings is 1. The molecular weight excluding hydrogens is 376 g/mol. The molecule has 1 aliphatic heterocycles. The van der Waals surface area contributed by atoms with Crippen LogP contribution < -0.4 is 0 Å². The van der Waals surface area contributed by atoms with Crippen LogP contribution in [0.25, 0.3) is 22.2 Å². The predicted molar refractivity (Wildman–Crippen MR) is 122 cm³/mol. The Morgan fingerprint density at radius 2 is 1.52 bits per heavy atom. The fraction of sp³-hybridized carbons (Fsp3) is 0.231.